The predicted molar refractivity (Wildman–Crippen MR) is 182 cm³/mol. The summed E-state index contributed by atoms with van der Waals surface area (Å²) in [7, 11) is -4.63. The average molecular weight is 741 g/mol. The van der Waals surface area contributed by atoms with E-state index in [1.54, 1.807) is 48.5 Å². The van der Waals surface area contributed by atoms with Gasteiger partial charge in [-0.25, -0.2) is 8.42 Å². The van der Waals surface area contributed by atoms with E-state index in [0.717, 1.165) is 12.1 Å². The van der Waals surface area contributed by atoms with Crippen molar-refractivity contribution in [2.24, 2.45) is 0 Å². The number of nitrogens with one attached hydrogen (secondary N) is 1. The third-order valence-electron chi connectivity index (χ3n) is 7.33. The standard InChI is InChI=1S/C34H31Cl3F3N3O4S/c1-2-17-41-33(45)31(18-23-9-5-3-6-10-23)42(21-24-13-14-25(35)19-30(24)37)32(44)22-43(48(46,47)27-11-7-4-8-12-27)26-15-16-29(36)28(20-26)34(38,39)40/h3-16,19-20,31H,2,17-18,21-22H2,1H3,(H,41,45). The molecule has 0 aromatic heterocycles. The second kappa shape index (κ2) is 16.1. The van der Waals surface area contributed by atoms with Gasteiger partial charge in [0.1, 0.15) is 12.6 Å². The first kappa shape index (κ1) is 37.1. The zero-order valence-corrected chi connectivity index (χ0v) is 28.6. The molecule has 1 N–H and O–H groups in total. The van der Waals surface area contributed by atoms with Gasteiger partial charge in [0.05, 0.1) is 21.2 Å². The topological polar surface area (TPSA) is 86.8 Å². The maximum Gasteiger partial charge on any atom is 0.417 e. The highest BCUT2D eigenvalue weighted by atomic mass is 35.5. The van der Waals surface area contributed by atoms with E-state index in [9.17, 15) is 31.2 Å². The van der Waals surface area contributed by atoms with Crippen LogP contribution in [0.25, 0.3) is 0 Å². The number of nitrogens with zero attached hydrogens (tertiary/aromatic N) is 2. The van der Waals surface area contributed by atoms with E-state index in [4.69, 9.17) is 34.8 Å². The summed E-state index contributed by atoms with van der Waals surface area (Å²) < 4.78 is 70.4. The number of rotatable bonds is 13. The Morgan fingerprint density at radius 3 is 2.10 bits per heavy atom. The van der Waals surface area contributed by atoms with E-state index in [1.807, 2.05) is 6.92 Å². The van der Waals surface area contributed by atoms with Crippen molar-refractivity contribution in [3.63, 3.8) is 0 Å². The lowest BCUT2D eigenvalue weighted by Crippen LogP contribution is -2.53. The predicted octanol–water partition coefficient (Wildman–Crippen LogP) is 8.03. The zero-order valence-electron chi connectivity index (χ0n) is 25.6. The number of amides is 2. The van der Waals surface area contributed by atoms with Crippen LogP contribution in [0.5, 0.6) is 0 Å². The van der Waals surface area contributed by atoms with Crippen LogP contribution in [-0.4, -0.2) is 44.3 Å². The second-order valence-electron chi connectivity index (χ2n) is 10.7. The summed E-state index contributed by atoms with van der Waals surface area (Å²) in [5.41, 5.74) is -0.633. The first-order valence-corrected chi connectivity index (χ1v) is 17.3. The molecule has 2 amide bonds. The van der Waals surface area contributed by atoms with Crippen molar-refractivity contribution in [3.8, 4) is 0 Å². The minimum absolute atomic E-state index is 0.0396. The van der Waals surface area contributed by atoms with Crippen LogP contribution < -0.4 is 9.62 Å². The smallest absolute Gasteiger partial charge is 0.354 e. The third-order valence-corrected chi connectivity index (χ3v) is 10.0. The van der Waals surface area contributed by atoms with Gasteiger partial charge >= 0.3 is 6.18 Å². The highest BCUT2D eigenvalue weighted by molar-refractivity contribution is 7.92. The van der Waals surface area contributed by atoms with E-state index < -0.39 is 56.9 Å². The first-order chi connectivity index (χ1) is 22.7. The molecule has 0 saturated carbocycles. The Labute approximate surface area is 292 Å². The average Bonchev–Trinajstić information content (AvgIpc) is 3.05. The highest BCUT2D eigenvalue weighted by Crippen LogP contribution is 2.38. The Morgan fingerprint density at radius 2 is 1.50 bits per heavy atom. The largest absolute Gasteiger partial charge is 0.417 e. The minimum Gasteiger partial charge on any atom is -0.354 e. The molecule has 48 heavy (non-hydrogen) atoms. The Hall–Kier alpha value is -3.77. The summed E-state index contributed by atoms with van der Waals surface area (Å²) >= 11 is 18.4. The molecule has 254 valence electrons. The summed E-state index contributed by atoms with van der Waals surface area (Å²) in [6.45, 7) is 0.942. The second-order valence-corrected chi connectivity index (χ2v) is 13.9. The number of hydrogen-bond donors (Lipinski definition) is 1. The van der Waals surface area contributed by atoms with Crippen LogP contribution in [0.3, 0.4) is 0 Å². The van der Waals surface area contributed by atoms with Crippen molar-refractivity contribution in [3.05, 3.63) is 129 Å². The van der Waals surface area contributed by atoms with Gasteiger partial charge in [0.25, 0.3) is 10.0 Å². The SMILES string of the molecule is CCCNC(=O)C(Cc1ccccc1)N(Cc1ccc(Cl)cc1Cl)C(=O)CN(c1ccc(Cl)c(C(F)(F)F)c1)S(=O)(=O)c1ccccc1. The van der Waals surface area contributed by atoms with Crippen molar-refractivity contribution >= 4 is 62.3 Å². The molecule has 14 heteroatoms. The molecule has 1 atom stereocenters. The van der Waals surface area contributed by atoms with Gasteiger partial charge in [0, 0.05) is 29.6 Å². The van der Waals surface area contributed by atoms with E-state index >= 15 is 0 Å². The van der Waals surface area contributed by atoms with Gasteiger partial charge in [0.2, 0.25) is 11.8 Å². The Bertz CT molecular complexity index is 1850. The monoisotopic (exact) mass is 739 g/mol. The molecule has 0 aliphatic heterocycles. The number of alkyl halides is 3. The molecule has 0 spiro atoms. The number of sulfonamides is 1. The Balaban J connectivity index is 1.87. The van der Waals surface area contributed by atoms with Gasteiger partial charge in [-0.3, -0.25) is 13.9 Å². The van der Waals surface area contributed by atoms with Crippen LogP contribution >= 0.6 is 34.8 Å². The fraction of sp³-hybridized carbons (Fsp3) is 0.235. The molecule has 0 fully saturated rings. The summed E-state index contributed by atoms with van der Waals surface area (Å²) in [6, 6.07) is 21.8. The molecule has 0 heterocycles. The van der Waals surface area contributed by atoms with Gasteiger partial charge in [0.15, 0.2) is 0 Å². The lowest BCUT2D eigenvalue weighted by atomic mass is 10.0. The summed E-state index contributed by atoms with van der Waals surface area (Å²) in [6.07, 6.45) is -4.28. The molecule has 0 aliphatic carbocycles. The summed E-state index contributed by atoms with van der Waals surface area (Å²) in [5.74, 6) is -1.39. The van der Waals surface area contributed by atoms with E-state index in [-0.39, 0.29) is 22.9 Å². The van der Waals surface area contributed by atoms with E-state index in [0.29, 0.717) is 39.5 Å². The van der Waals surface area contributed by atoms with E-state index in [2.05, 4.69) is 5.32 Å². The molecular formula is C34H31Cl3F3N3O4S. The van der Waals surface area contributed by atoms with Gasteiger partial charge < -0.3 is 10.2 Å². The molecule has 4 aromatic carbocycles. The highest BCUT2D eigenvalue weighted by Gasteiger charge is 2.37. The van der Waals surface area contributed by atoms with Crippen molar-refractivity contribution in [1.82, 2.24) is 10.2 Å². The van der Waals surface area contributed by atoms with Gasteiger partial charge in [-0.05, 0) is 60.0 Å². The molecule has 4 aromatic rings. The first-order valence-electron chi connectivity index (χ1n) is 14.7. The number of carbonyl (C=O) groups is 2. The molecule has 0 saturated heterocycles. The number of hydrogen-bond acceptors (Lipinski definition) is 4. The van der Waals surface area contributed by atoms with Crippen LogP contribution in [0.1, 0.15) is 30.0 Å². The normalized spacial score (nSPS) is 12.3. The maximum absolute atomic E-state index is 14.5. The lowest BCUT2D eigenvalue weighted by Gasteiger charge is -2.34. The van der Waals surface area contributed by atoms with Gasteiger partial charge in [-0.2, -0.15) is 13.2 Å². The Kier molecular flexibility index (Phi) is 12.4. The molecule has 0 radical (unpaired) electrons. The van der Waals surface area contributed by atoms with Crippen molar-refractivity contribution in [1.29, 1.82) is 0 Å². The fourth-order valence-corrected chi connectivity index (χ4v) is 7.01. The molecule has 0 bridgehead atoms. The van der Waals surface area contributed by atoms with Crippen molar-refractivity contribution in [2.75, 3.05) is 17.4 Å². The third kappa shape index (κ3) is 9.22. The van der Waals surface area contributed by atoms with E-state index in [1.165, 1.54) is 35.2 Å². The molecule has 1 unspecified atom stereocenters. The van der Waals surface area contributed by atoms with Crippen LogP contribution in [0.2, 0.25) is 15.1 Å². The van der Waals surface area contributed by atoms with Crippen molar-refractivity contribution in [2.45, 2.75) is 43.4 Å². The number of anilines is 1. The van der Waals surface area contributed by atoms with Gasteiger partial charge in [-0.15, -0.1) is 0 Å². The van der Waals surface area contributed by atoms with Crippen LogP contribution in [0, 0.1) is 0 Å². The number of halogens is 6. The van der Waals surface area contributed by atoms with Crippen molar-refractivity contribution < 1.29 is 31.2 Å². The molecule has 0 aliphatic rings. The maximum atomic E-state index is 14.5. The Morgan fingerprint density at radius 1 is 0.854 bits per heavy atom. The number of benzene rings is 4. The minimum atomic E-state index is -4.92. The zero-order chi connectivity index (χ0) is 35.1. The summed E-state index contributed by atoms with van der Waals surface area (Å²) in [4.78, 5) is 29.1. The quantitative estimate of drug-likeness (QED) is 0.151. The van der Waals surface area contributed by atoms with Gasteiger partial charge in [-0.1, -0.05) is 96.3 Å². The fourth-order valence-electron chi connectivity index (χ4n) is 4.89. The molecular weight excluding hydrogens is 710 g/mol. The molecule has 7 nitrogen and oxygen atoms in total. The summed E-state index contributed by atoms with van der Waals surface area (Å²) in [5, 5.41) is 2.68. The van der Waals surface area contributed by atoms with Crippen LogP contribution in [0.4, 0.5) is 18.9 Å². The lowest BCUT2D eigenvalue weighted by molar-refractivity contribution is -0.140. The van der Waals surface area contributed by atoms with Crippen LogP contribution in [0.15, 0.2) is 102 Å². The number of carbonyl (C=O) groups excluding carboxylic acids is 2. The molecule has 4 rings (SSSR count). The van der Waals surface area contributed by atoms with Crippen LogP contribution in [-0.2, 0) is 38.8 Å².